The Balaban J connectivity index is 2.36. The largest absolute Gasteiger partial charge is 0.722 e. The molecular weight excluding hydrogens is 218 g/mol. The van der Waals surface area contributed by atoms with Crippen LogP contribution in [0.1, 0.15) is 11.1 Å². The van der Waals surface area contributed by atoms with Crippen molar-refractivity contribution in [2.24, 2.45) is 10.8 Å². The zero-order chi connectivity index (χ0) is 12.3. The molecule has 0 bridgehead atoms. The molecule has 0 spiro atoms. The van der Waals surface area contributed by atoms with E-state index in [0.29, 0.717) is 5.70 Å². The molecule has 1 aromatic rings. The summed E-state index contributed by atoms with van der Waals surface area (Å²) >= 11 is 0. The molecular formula is C11H11N5O. The van der Waals surface area contributed by atoms with Gasteiger partial charge in [-0.3, -0.25) is 5.73 Å². The Morgan fingerprint density at radius 2 is 2.24 bits per heavy atom. The highest BCUT2D eigenvalue weighted by Gasteiger charge is 2.08. The van der Waals surface area contributed by atoms with E-state index in [2.05, 4.69) is 10.4 Å². The summed E-state index contributed by atoms with van der Waals surface area (Å²) in [6.07, 6.45) is 5.02. The van der Waals surface area contributed by atoms with Crippen LogP contribution in [-0.2, 0) is 0 Å². The lowest BCUT2D eigenvalue weighted by Crippen LogP contribution is -2.21. The van der Waals surface area contributed by atoms with Gasteiger partial charge in [-0.15, -0.1) is 15.4 Å². The molecule has 2 rings (SSSR count). The van der Waals surface area contributed by atoms with Gasteiger partial charge in [-0.25, -0.2) is 0 Å². The van der Waals surface area contributed by atoms with Gasteiger partial charge in [-0.2, -0.15) is 0 Å². The summed E-state index contributed by atoms with van der Waals surface area (Å²) in [5, 5.41) is 24.4. The molecule has 1 heterocycles. The number of hydrogen-bond donors (Lipinski definition) is 3. The van der Waals surface area contributed by atoms with E-state index in [4.69, 9.17) is 11.1 Å². The second-order valence-electron chi connectivity index (χ2n) is 3.38. The number of guanidine groups is 1. The summed E-state index contributed by atoms with van der Waals surface area (Å²) in [7, 11) is 0. The van der Waals surface area contributed by atoms with E-state index >= 15 is 0 Å². The number of nitrogens with zero attached hydrogens (tertiary/aromatic N) is 2. The lowest BCUT2D eigenvalue weighted by atomic mass is 10.0. The van der Waals surface area contributed by atoms with Crippen molar-refractivity contribution in [3.05, 3.63) is 53.0 Å². The van der Waals surface area contributed by atoms with E-state index in [1.165, 1.54) is 6.20 Å². The van der Waals surface area contributed by atoms with Crippen LogP contribution in [0.5, 0.6) is 0 Å². The molecule has 0 radical (unpaired) electrons. The van der Waals surface area contributed by atoms with Gasteiger partial charge in [0.15, 0.2) is 0 Å². The third-order valence-corrected chi connectivity index (χ3v) is 2.25. The molecule has 4 N–H and O–H groups in total. The maximum Gasteiger partial charge on any atom is 0.402 e. The van der Waals surface area contributed by atoms with Crippen molar-refractivity contribution >= 4 is 17.7 Å². The van der Waals surface area contributed by atoms with Crippen molar-refractivity contribution in [2.75, 3.05) is 0 Å². The zero-order valence-electron chi connectivity index (χ0n) is 8.92. The third-order valence-electron chi connectivity index (χ3n) is 2.25. The van der Waals surface area contributed by atoms with Crippen molar-refractivity contribution in [1.29, 1.82) is 5.41 Å². The van der Waals surface area contributed by atoms with Crippen molar-refractivity contribution in [1.82, 2.24) is 5.32 Å². The molecule has 6 heteroatoms. The maximum atomic E-state index is 11.0. The average molecular weight is 229 g/mol. The van der Waals surface area contributed by atoms with Gasteiger partial charge in [-0.1, -0.05) is 24.3 Å². The molecule has 0 unspecified atom stereocenters. The summed E-state index contributed by atoms with van der Waals surface area (Å²) in [4.78, 5) is 0.0512. The Morgan fingerprint density at radius 3 is 3.00 bits per heavy atom. The lowest BCUT2D eigenvalue weighted by molar-refractivity contribution is -0.406. The SMILES string of the molecule is N=C(N)[N+]([O-])=N/C=C1\NC=Cc2ccccc21. The molecule has 6 nitrogen and oxygen atoms in total. The van der Waals surface area contributed by atoms with Crippen molar-refractivity contribution in [3.8, 4) is 0 Å². The van der Waals surface area contributed by atoms with Crippen LogP contribution in [0.15, 0.2) is 41.8 Å². The summed E-state index contributed by atoms with van der Waals surface area (Å²) in [5.41, 5.74) is 7.65. The minimum Gasteiger partial charge on any atom is -0.722 e. The first-order valence-electron chi connectivity index (χ1n) is 4.93. The fraction of sp³-hybridized carbons (Fsp3) is 0. The first-order valence-corrected chi connectivity index (χ1v) is 4.93. The summed E-state index contributed by atoms with van der Waals surface area (Å²) < 4.78 is 0. The maximum absolute atomic E-state index is 11.0. The Bertz CT molecular complexity index is 545. The van der Waals surface area contributed by atoms with Crippen LogP contribution in [0, 0.1) is 10.6 Å². The molecule has 0 atom stereocenters. The van der Waals surface area contributed by atoms with E-state index in [-0.39, 0.29) is 4.86 Å². The molecule has 0 aromatic heterocycles. The van der Waals surface area contributed by atoms with E-state index in [0.717, 1.165) is 11.1 Å². The van der Waals surface area contributed by atoms with Crippen LogP contribution in [0.3, 0.4) is 0 Å². The number of hydroxylamine groups is 1. The molecule has 0 amide bonds. The summed E-state index contributed by atoms with van der Waals surface area (Å²) in [5.74, 6) is -0.651. The minimum absolute atomic E-state index is 0.0512. The van der Waals surface area contributed by atoms with Crippen molar-refractivity contribution < 1.29 is 4.86 Å². The number of benzene rings is 1. The van der Waals surface area contributed by atoms with Gasteiger partial charge >= 0.3 is 5.96 Å². The molecule has 0 saturated heterocycles. The second kappa shape index (κ2) is 4.48. The Hall–Kier alpha value is -2.63. The molecule has 17 heavy (non-hydrogen) atoms. The Labute approximate surface area is 97.9 Å². The van der Waals surface area contributed by atoms with Crippen LogP contribution in [0.4, 0.5) is 0 Å². The highest BCUT2D eigenvalue weighted by atomic mass is 16.5. The number of rotatable bonds is 1. The molecule has 0 saturated carbocycles. The number of azo groups is 1. The lowest BCUT2D eigenvalue weighted by Gasteiger charge is -2.14. The van der Waals surface area contributed by atoms with Crippen LogP contribution in [0.2, 0.25) is 0 Å². The minimum atomic E-state index is -0.651. The Morgan fingerprint density at radius 1 is 1.47 bits per heavy atom. The fourth-order valence-electron chi connectivity index (χ4n) is 1.47. The number of hydrogen-bond acceptors (Lipinski definition) is 4. The first-order chi connectivity index (χ1) is 8.18. The predicted molar refractivity (Wildman–Crippen MR) is 64.6 cm³/mol. The van der Waals surface area contributed by atoms with Gasteiger partial charge < -0.3 is 10.5 Å². The van der Waals surface area contributed by atoms with Gasteiger partial charge in [0, 0.05) is 11.8 Å². The monoisotopic (exact) mass is 229 g/mol. The zero-order valence-corrected chi connectivity index (χ0v) is 8.92. The first kappa shape index (κ1) is 10.9. The predicted octanol–water partition coefficient (Wildman–Crippen LogP) is 1.41. The molecule has 1 aliphatic heterocycles. The van der Waals surface area contributed by atoms with E-state index in [1.807, 2.05) is 30.3 Å². The standard InChI is InChI=1S/C11H11N5O/c12-11(13)16(17)15-7-10-9-4-2-1-3-8(9)5-6-14-10/h1-7,14H,(H3,12,13)/b10-7-,16-15?. The van der Waals surface area contributed by atoms with Crippen molar-refractivity contribution in [2.45, 2.75) is 0 Å². The molecule has 1 aromatic carbocycles. The summed E-state index contributed by atoms with van der Waals surface area (Å²) in [6, 6.07) is 7.70. The van der Waals surface area contributed by atoms with Gasteiger partial charge in [0.05, 0.1) is 11.9 Å². The highest BCUT2D eigenvalue weighted by Crippen LogP contribution is 2.21. The van der Waals surface area contributed by atoms with Gasteiger partial charge in [0.25, 0.3) is 0 Å². The smallest absolute Gasteiger partial charge is 0.402 e. The average Bonchev–Trinajstić information content (AvgIpc) is 2.35. The second-order valence-corrected chi connectivity index (χ2v) is 3.38. The van der Waals surface area contributed by atoms with Crippen LogP contribution < -0.4 is 11.1 Å². The topological polar surface area (TPSA) is 100 Å². The Kier molecular flexibility index (Phi) is 2.87. The number of fused-ring (bicyclic) bond motifs is 1. The normalized spacial score (nSPS) is 16.5. The highest BCUT2D eigenvalue weighted by molar-refractivity contribution is 5.77. The fourth-order valence-corrected chi connectivity index (χ4v) is 1.47. The molecule has 0 aliphatic carbocycles. The third kappa shape index (κ3) is 2.31. The van der Waals surface area contributed by atoms with Crippen LogP contribution >= 0.6 is 0 Å². The molecule has 86 valence electrons. The van der Waals surface area contributed by atoms with Gasteiger partial charge in [0.2, 0.25) is 0 Å². The summed E-state index contributed by atoms with van der Waals surface area (Å²) in [6.45, 7) is 0. The number of nitrogens with one attached hydrogen (secondary N) is 2. The van der Waals surface area contributed by atoms with E-state index < -0.39 is 5.96 Å². The number of nitrogens with two attached hydrogens (primary N) is 1. The van der Waals surface area contributed by atoms with Gasteiger partial charge in [0.1, 0.15) is 0 Å². The van der Waals surface area contributed by atoms with Gasteiger partial charge in [-0.05, 0) is 11.6 Å². The molecule has 1 aliphatic rings. The quantitative estimate of drug-likeness (QED) is 0.223. The van der Waals surface area contributed by atoms with Crippen LogP contribution in [0.25, 0.3) is 11.8 Å². The van der Waals surface area contributed by atoms with Crippen LogP contribution in [-0.4, -0.2) is 10.8 Å². The van der Waals surface area contributed by atoms with E-state index in [1.54, 1.807) is 6.20 Å². The van der Waals surface area contributed by atoms with E-state index in [9.17, 15) is 5.21 Å². The van der Waals surface area contributed by atoms with Crippen molar-refractivity contribution in [3.63, 3.8) is 0 Å². The molecule has 0 fully saturated rings.